The van der Waals surface area contributed by atoms with Crippen LogP contribution in [0.25, 0.3) is 0 Å². The third-order valence-electron chi connectivity index (χ3n) is 1.92. The quantitative estimate of drug-likeness (QED) is 0.791. The van der Waals surface area contributed by atoms with Crippen LogP contribution in [0.3, 0.4) is 0 Å². The van der Waals surface area contributed by atoms with E-state index in [4.69, 9.17) is 4.74 Å². The van der Waals surface area contributed by atoms with Gasteiger partial charge in [-0.2, -0.15) is 0 Å². The normalized spacial score (nSPS) is 11.9. The van der Waals surface area contributed by atoms with E-state index in [1.54, 1.807) is 6.92 Å². The van der Waals surface area contributed by atoms with Crippen molar-refractivity contribution in [3.05, 3.63) is 28.7 Å². The largest absolute Gasteiger partial charge is 0.493 e. The number of esters is 1. The first kappa shape index (κ1) is 12.0. The van der Waals surface area contributed by atoms with E-state index in [0.29, 0.717) is 6.61 Å². The van der Waals surface area contributed by atoms with Crippen LogP contribution in [0.1, 0.15) is 6.92 Å². The van der Waals surface area contributed by atoms with Crippen LogP contribution in [-0.4, -0.2) is 19.7 Å². The van der Waals surface area contributed by atoms with Crippen molar-refractivity contribution in [1.29, 1.82) is 0 Å². The summed E-state index contributed by atoms with van der Waals surface area (Å²) in [5.74, 6) is 0.236. The predicted molar refractivity (Wildman–Crippen MR) is 60.8 cm³/mol. The van der Waals surface area contributed by atoms with Crippen LogP contribution in [0.15, 0.2) is 28.7 Å². The fraction of sp³-hybridized carbons (Fsp3) is 0.364. The Labute approximate surface area is 97.5 Å². The first-order valence-corrected chi connectivity index (χ1v) is 5.39. The molecule has 0 aromatic heterocycles. The summed E-state index contributed by atoms with van der Waals surface area (Å²) in [5.41, 5.74) is 0. The Bertz CT molecular complexity index is 321. The van der Waals surface area contributed by atoms with E-state index in [0.717, 1.165) is 10.2 Å². The maximum Gasteiger partial charge on any atom is 0.311 e. The van der Waals surface area contributed by atoms with Crippen molar-refractivity contribution >= 4 is 21.9 Å². The van der Waals surface area contributed by atoms with Gasteiger partial charge in [0.1, 0.15) is 12.4 Å². The molecule has 0 spiro atoms. The molecule has 0 saturated carbocycles. The SMILES string of the molecule is COC(=O)C(C)COc1ccc(Br)cc1. The van der Waals surface area contributed by atoms with Crippen molar-refractivity contribution in [3.63, 3.8) is 0 Å². The highest BCUT2D eigenvalue weighted by Crippen LogP contribution is 2.16. The minimum atomic E-state index is -0.257. The Balaban J connectivity index is 2.43. The highest BCUT2D eigenvalue weighted by Gasteiger charge is 2.13. The Morgan fingerprint density at radius 2 is 2.00 bits per heavy atom. The zero-order chi connectivity index (χ0) is 11.3. The molecule has 0 radical (unpaired) electrons. The van der Waals surface area contributed by atoms with Crippen LogP contribution in [0.4, 0.5) is 0 Å². The standard InChI is InChI=1S/C11H13BrO3/c1-8(11(13)14-2)7-15-10-5-3-9(12)4-6-10/h3-6,8H,7H2,1-2H3. The molecule has 0 heterocycles. The molecule has 4 heteroatoms. The topological polar surface area (TPSA) is 35.5 Å². The van der Waals surface area contributed by atoms with E-state index in [2.05, 4.69) is 20.7 Å². The van der Waals surface area contributed by atoms with Gasteiger partial charge in [0.25, 0.3) is 0 Å². The van der Waals surface area contributed by atoms with Crippen LogP contribution in [0, 0.1) is 5.92 Å². The van der Waals surface area contributed by atoms with Gasteiger partial charge in [-0.05, 0) is 31.2 Å². The Hall–Kier alpha value is -1.03. The van der Waals surface area contributed by atoms with Gasteiger partial charge in [-0.3, -0.25) is 4.79 Å². The third-order valence-corrected chi connectivity index (χ3v) is 2.45. The maximum atomic E-state index is 11.1. The molecular weight excluding hydrogens is 260 g/mol. The van der Waals surface area contributed by atoms with Crippen molar-refractivity contribution in [2.24, 2.45) is 5.92 Å². The number of ether oxygens (including phenoxy) is 2. The number of carbonyl (C=O) groups excluding carboxylic acids is 1. The van der Waals surface area contributed by atoms with Gasteiger partial charge in [0.05, 0.1) is 13.0 Å². The number of hydrogen-bond acceptors (Lipinski definition) is 3. The molecule has 1 unspecified atom stereocenters. The summed E-state index contributed by atoms with van der Waals surface area (Å²) in [4.78, 5) is 11.1. The molecule has 1 aromatic carbocycles. The molecule has 1 aromatic rings. The van der Waals surface area contributed by atoms with Crippen LogP contribution in [-0.2, 0) is 9.53 Å². The number of methoxy groups -OCH3 is 1. The van der Waals surface area contributed by atoms with Gasteiger partial charge in [-0.1, -0.05) is 15.9 Å². The minimum absolute atomic E-state index is 0.251. The van der Waals surface area contributed by atoms with Crippen LogP contribution in [0.2, 0.25) is 0 Å². The summed E-state index contributed by atoms with van der Waals surface area (Å²) in [6.45, 7) is 2.10. The second-order valence-corrected chi connectivity index (χ2v) is 4.10. The molecule has 0 amide bonds. The molecule has 1 atom stereocenters. The summed E-state index contributed by atoms with van der Waals surface area (Å²) >= 11 is 3.33. The molecule has 0 aliphatic heterocycles. The molecule has 0 fully saturated rings. The second kappa shape index (κ2) is 5.75. The average molecular weight is 273 g/mol. The average Bonchev–Trinajstić information content (AvgIpc) is 2.26. The van der Waals surface area contributed by atoms with Crippen molar-refractivity contribution in [2.45, 2.75) is 6.92 Å². The van der Waals surface area contributed by atoms with Crippen LogP contribution in [0.5, 0.6) is 5.75 Å². The third kappa shape index (κ3) is 3.91. The lowest BCUT2D eigenvalue weighted by Gasteiger charge is -2.10. The van der Waals surface area contributed by atoms with Gasteiger partial charge in [-0.25, -0.2) is 0 Å². The maximum absolute atomic E-state index is 11.1. The molecule has 0 saturated heterocycles. The zero-order valence-electron chi connectivity index (χ0n) is 8.70. The van der Waals surface area contributed by atoms with Gasteiger partial charge in [0.2, 0.25) is 0 Å². The fourth-order valence-electron chi connectivity index (χ4n) is 1.02. The molecule has 0 N–H and O–H groups in total. The van der Waals surface area contributed by atoms with Gasteiger partial charge in [0.15, 0.2) is 0 Å². The van der Waals surface area contributed by atoms with Crippen molar-refractivity contribution < 1.29 is 14.3 Å². The van der Waals surface area contributed by atoms with E-state index in [1.807, 2.05) is 24.3 Å². The van der Waals surface area contributed by atoms with Crippen molar-refractivity contribution in [2.75, 3.05) is 13.7 Å². The second-order valence-electron chi connectivity index (χ2n) is 3.19. The lowest BCUT2D eigenvalue weighted by Crippen LogP contribution is -2.19. The fourth-order valence-corrected chi connectivity index (χ4v) is 1.29. The smallest absolute Gasteiger partial charge is 0.311 e. The van der Waals surface area contributed by atoms with E-state index >= 15 is 0 Å². The molecule has 3 nitrogen and oxygen atoms in total. The lowest BCUT2D eigenvalue weighted by atomic mass is 10.2. The van der Waals surface area contributed by atoms with Crippen LogP contribution < -0.4 is 4.74 Å². The van der Waals surface area contributed by atoms with Crippen molar-refractivity contribution in [1.82, 2.24) is 0 Å². The minimum Gasteiger partial charge on any atom is -0.493 e. The zero-order valence-corrected chi connectivity index (χ0v) is 10.3. The van der Waals surface area contributed by atoms with Crippen molar-refractivity contribution in [3.8, 4) is 5.75 Å². The van der Waals surface area contributed by atoms with Gasteiger partial charge < -0.3 is 9.47 Å². The van der Waals surface area contributed by atoms with Crippen LogP contribution >= 0.6 is 15.9 Å². The number of hydrogen-bond donors (Lipinski definition) is 0. The van der Waals surface area contributed by atoms with E-state index in [-0.39, 0.29) is 11.9 Å². The summed E-state index contributed by atoms with van der Waals surface area (Å²) in [5, 5.41) is 0. The van der Waals surface area contributed by atoms with E-state index < -0.39 is 0 Å². The Morgan fingerprint density at radius 1 is 1.40 bits per heavy atom. The molecule has 82 valence electrons. The first-order chi connectivity index (χ1) is 7.13. The lowest BCUT2D eigenvalue weighted by molar-refractivity contribution is -0.145. The number of halogens is 1. The molecule has 0 aliphatic rings. The predicted octanol–water partition coefficient (Wildman–Crippen LogP) is 2.64. The molecule has 0 aliphatic carbocycles. The van der Waals surface area contributed by atoms with E-state index in [1.165, 1.54) is 7.11 Å². The summed E-state index contributed by atoms with van der Waals surface area (Å²) in [6.07, 6.45) is 0. The van der Waals surface area contributed by atoms with Gasteiger partial charge >= 0.3 is 5.97 Å². The van der Waals surface area contributed by atoms with E-state index in [9.17, 15) is 4.79 Å². The Morgan fingerprint density at radius 3 is 2.53 bits per heavy atom. The number of rotatable bonds is 4. The molecular formula is C11H13BrO3. The summed E-state index contributed by atoms with van der Waals surface area (Å²) in [7, 11) is 1.37. The number of carbonyl (C=O) groups is 1. The molecule has 1 rings (SSSR count). The Kier molecular flexibility index (Phi) is 4.62. The van der Waals surface area contributed by atoms with Gasteiger partial charge in [-0.15, -0.1) is 0 Å². The monoisotopic (exact) mass is 272 g/mol. The summed E-state index contributed by atoms with van der Waals surface area (Å²) < 4.78 is 11.0. The molecule has 15 heavy (non-hydrogen) atoms. The number of benzene rings is 1. The first-order valence-electron chi connectivity index (χ1n) is 4.59. The van der Waals surface area contributed by atoms with Gasteiger partial charge in [0, 0.05) is 4.47 Å². The highest BCUT2D eigenvalue weighted by atomic mass is 79.9. The highest BCUT2D eigenvalue weighted by molar-refractivity contribution is 9.10. The summed E-state index contributed by atoms with van der Waals surface area (Å²) in [6, 6.07) is 7.46. The molecule has 0 bridgehead atoms.